The normalized spacial score (nSPS) is 14.6. The number of carbonyl (C=O) groups excluding carboxylic acids is 2. The van der Waals surface area contributed by atoms with Gasteiger partial charge in [0.25, 0.3) is 11.8 Å². The van der Waals surface area contributed by atoms with Crippen LogP contribution in [-0.4, -0.2) is 18.4 Å². The molecule has 162 valence electrons. The van der Waals surface area contributed by atoms with Gasteiger partial charge in [0.15, 0.2) is 11.5 Å². The zero-order chi connectivity index (χ0) is 22.5. The van der Waals surface area contributed by atoms with Gasteiger partial charge in [-0.3, -0.25) is 15.0 Å². The highest BCUT2D eigenvalue weighted by Gasteiger charge is 2.34. The number of nitrogens with one attached hydrogen (secondary N) is 1. The Kier molecular flexibility index (Phi) is 6.17. The number of hydrazine groups is 1. The fourth-order valence-electron chi connectivity index (χ4n) is 3.23. The van der Waals surface area contributed by atoms with E-state index < -0.39 is 11.8 Å². The monoisotopic (exact) mass is 432 g/mol. The smallest absolute Gasteiger partial charge is 0.282 e. The van der Waals surface area contributed by atoms with Gasteiger partial charge in [-0.25, -0.2) is 9.40 Å². The number of carbonyl (C=O) groups is 2. The molecule has 1 N–H and O–H groups in total. The summed E-state index contributed by atoms with van der Waals surface area (Å²) >= 11 is 0. The van der Waals surface area contributed by atoms with Crippen LogP contribution in [0.2, 0.25) is 0 Å². The number of nitrogens with zero attached hydrogens (tertiary/aromatic N) is 1. The van der Waals surface area contributed by atoms with Crippen molar-refractivity contribution in [1.82, 2.24) is 5.43 Å². The minimum atomic E-state index is -0.478. The van der Waals surface area contributed by atoms with Gasteiger partial charge >= 0.3 is 0 Å². The summed E-state index contributed by atoms with van der Waals surface area (Å²) in [6, 6.07) is 20.1. The quantitative estimate of drug-likeness (QED) is 0.447. The number of ether oxygens (including phenoxy) is 2. The van der Waals surface area contributed by atoms with Crippen LogP contribution in [0.1, 0.15) is 18.1 Å². The van der Waals surface area contributed by atoms with E-state index in [2.05, 4.69) is 5.43 Å². The van der Waals surface area contributed by atoms with Gasteiger partial charge in [-0.15, -0.1) is 0 Å². The molecular weight excluding hydrogens is 411 g/mol. The molecule has 2 amide bonds. The minimum absolute atomic E-state index is 0.0243. The fourth-order valence-corrected chi connectivity index (χ4v) is 3.23. The number of para-hydroxylation sites is 1. The van der Waals surface area contributed by atoms with Gasteiger partial charge < -0.3 is 9.47 Å². The number of hydrogen-bond acceptors (Lipinski definition) is 4. The molecule has 0 radical (unpaired) electrons. The first-order valence-electron chi connectivity index (χ1n) is 10.1. The lowest BCUT2D eigenvalue weighted by Gasteiger charge is -2.14. The predicted molar refractivity (Wildman–Crippen MR) is 118 cm³/mol. The first-order chi connectivity index (χ1) is 15.5. The summed E-state index contributed by atoms with van der Waals surface area (Å²) in [6.45, 7) is 2.50. The highest BCUT2D eigenvalue weighted by molar-refractivity contribution is 6.31. The first-order valence-corrected chi connectivity index (χ1v) is 10.1. The predicted octanol–water partition coefficient (Wildman–Crippen LogP) is 4.26. The summed E-state index contributed by atoms with van der Waals surface area (Å²) in [5.74, 6) is -0.233. The van der Waals surface area contributed by atoms with Crippen LogP contribution in [0.3, 0.4) is 0 Å². The van der Waals surface area contributed by atoms with Gasteiger partial charge in [0.05, 0.1) is 12.3 Å². The third-order valence-electron chi connectivity index (χ3n) is 4.79. The Bertz CT molecular complexity index is 1160. The molecule has 0 aromatic heterocycles. The van der Waals surface area contributed by atoms with Crippen LogP contribution >= 0.6 is 0 Å². The average Bonchev–Trinajstić information content (AvgIpc) is 3.09. The molecule has 0 bridgehead atoms. The molecule has 0 aliphatic carbocycles. The molecule has 32 heavy (non-hydrogen) atoms. The Morgan fingerprint density at radius 1 is 0.938 bits per heavy atom. The zero-order valence-electron chi connectivity index (χ0n) is 17.4. The van der Waals surface area contributed by atoms with E-state index in [1.54, 1.807) is 54.6 Å². The average molecular weight is 432 g/mol. The lowest BCUT2D eigenvalue weighted by molar-refractivity contribution is -0.117. The van der Waals surface area contributed by atoms with Crippen LogP contribution in [0.15, 0.2) is 78.4 Å². The van der Waals surface area contributed by atoms with Crippen molar-refractivity contribution in [2.24, 2.45) is 0 Å². The van der Waals surface area contributed by atoms with Crippen molar-refractivity contribution in [2.75, 3.05) is 11.6 Å². The van der Waals surface area contributed by atoms with Crippen molar-refractivity contribution in [2.45, 2.75) is 13.5 Å². The Morgan fingerprint density at radius 3 is 2.41 bits per heavy atom. The summed E-state index contributed by atoms with van der Waals surface area (Å²) in [4.78, 5) is 25.2. The highest BCUT2D eigenvalue weighted by Crippen LogP contribution is 2.31. The Morgan fingerprint density at radius 2 is 1.69 bits per heavy atom. The van der Waals surface area contributed by atoms with E-state index in [9.17, 15) is 14.0 Å². The van der Waals surface area contributed by atoms with Crippen LogP contribution in [-0.2, 0) is 16.2 Å². The van der Waals surface area contributed by atoms with Gasteiger partial charge in [-0.2, -0.15) is 0 Å². The van der Waals surface area contributed by atoms with Crippen molar-refractivity contribution in [3.05, 3.63) is 95.3 Å². The molecule has 0 atom stereocenters. The lowest BCUT2D eigenvalue weighted by Crippen LogP contribution is -2.35. The van der Waals surface area contributed by atoms with Crippen molar-refractivity contribution in [3.63, 3.8) is 0 Å². The second-order valence-corrected chi connectivity index (χ2v) is 7.03. The first kappa shape index (κ1) is 21.1. The maximum Gasteiger partial charge on any atom is 0.282 e. The van der Waals surface area contributed by atoms with Crippen molar-refractivity contribution >= 4 is 23.6 Å². The second-order valence-electron chi connectivity index (χ2n) is 7.03. The third kappa shape index (κ3) is 4.62. The summed E-state index contributed by atoms with van der Waals surface area (Å²) < 4.78 is 24.6. The molecule has 3 aromatic carbocycles. The number of hydrogen-bond donors (Lipinski definition) is 1. The van der Waals surface area contributed by atoms with Crippen molar-refractivity contribution < 1.29 is 23.5 Å². The number of amides is 2. The van der Waals surface area contributed by atoms with E-state index in [4.69, 9.17) is 9.47 Å². The van der Waals surface area contributed by atoms with E-state index in [1.807, 2.05) is 13.0 Å². The number of benzene rings is 3. The standard InChI is InChI=1S/C25H21FN2O4/c1-2-31-23-15-18(10-13-22(23)32-16-17-8-11-19(26)12-9-17)14-21-24(29)27-28(25(21)30)20-6-4-3-5-7-20/h3-15H,2,16H2,1H3,(H,27,29)/b21-14+. The molecule has 0 spiro atoms. The summed E-state index contributed by atoms with van der Waals surface area (Å²) in [7, 11) is 0. The van der Waals surface area contributed by atoms with Crippen LogP contribution < -0.4 is 19.9 Å². The number of rotatable bonds is 7. The van der Waals surface area contributed by atoms with Crippen molar-refractivity contribution in [3.8, 4) is 11.5 Å². The molecule has 7 heteroatoms. The summed E-state index contributed by atoms with van der Waals surface area (Å²) in [6.07, 6.45) is 1.52. The van der Waals surface area contributed by atoms with Crippen LogP contribution in [0.4, 0.5) is 10.1 Å². The molecule has 1 aliphatic rings. The molecule has 3 aromatic rings. The third-order valence-corrected chi connectivity index (χ3v) is 4.79. The lowest BCUT2D eigenvalue weighted by atomic mass is 10.1. The van der Waals surface area contributed by atoms with E-state index in [-0.39, 0.29) is 18.0 Å². The van der Waals surface area contributed by atoms with Crippen LogP contribution in [0.25, 0.3) is 6.08 Å². The largest absolute Gasteiger partial charge is 0.490 e. The summed E-state index contributed by atoms with van der Waals surface area (Å²) in [5.41, 5.74) is 4.62. The van der Waals surface area contributed by atoms with Gasteiger partial charge in [-0.1, -0.05) is 36.4 Å². The second kappa shape index (κ2) is 9.34. The van der Waals surface area contributed by atoms with Gasteiger partial charge in [0.1, 0.15) is 18.0 Å². The Balaban J connectivity index is 1.55. The van der Waals surface area contributed by atoms with Crippen molar-refractivity contribution in [1.29, 1.82) is 0 Å². The SMILES string of the molecule is CCOc1cc(/C=C2\C(=O)NN(c3ccccc3)C2=O)ccc1OCc1ccc(F)cc1. The summed E-state index contributed by atoms with van der Waals surface area (Å²) in [5, 5.41) is 1.22. The molecule has 1 fully saturated rings. The van der Waals surface area contributed by atoms with E-state index >= 15 is 0 Å². The minimum Gasteiger partial charge on any atom is -0.490 e. The molecule has 0 unspecified atom stereocenters. The number of anilines is 1. The fraction of sp³-hybridized carbons (Fsp3) is 0.120. The molecule has 0 saturated carbocycles. The molecule has 1 saturated heterocycles. The van der Waals surface area contributed by atoms with Crippen LogP contribution in [0.5, 0.6) is 11.5 Å². The highest BCUT2D eigenvalue weighted by atomic mass is 19.1. The maximum absolute atomic E-state index is 13.1. The molecular formula is C25H21FN2O4. The van der Waals surface area contributed by atoms with Gasteiger partial charge in [0, 0.05) is 0 Å². The molecule has 1 heterocycles. The number of halogens is 1. The maximum atomic E-state index is 13.1. The zero-order valence-corrected chi connectivity index (χ0v) is 17.4. The van der Waals surface area contributed by atoms with Gasteiger partial charge in [0.2, 0.25) is 0 Å². The van der Waals surface area contributed by atoms with E-state index in [0.717, 1.165) is 5.56 Å². The Labute approximate surface area is 184 Å². The molecule has 6 nitrogen and oxygen atoms in total. The van der Waals surface area contributed by atoms with Crippen LogP contribution in [0, 0.1) is 5.82 Å². The topological polar surface area (TPSA) is 67.9 Å². The van der Waals surface area contributed by atoms with E-state index in [0.29, 0.717) is 29.4 Å². The van der Waals surface area contributed by atoms with E-state index in [1.165, 1.54) is 23.2 Å². The van der Waals surface area contributed by atoms with Gasteiger partial charge in [-0.05, 0) is 60.5 Å². The Hall–Kier alpha value is -4.13. The molecule has 4 rings (SSSR count). The molecule has 1 aliphatic heterocycles.